The number of hydrogen-bond acceptors (Lipinski definition) is 5. The molecule has 2 aromatic carbocycles. The number of anilines is 1. The van der Waals surface area contributed by atoms with Gasteiger partial charge < -0.3 is 10.1 Å². The predicted octanol–water partition coefficient (Wildman–Crippen LogP) is 3.05. The van der Waals surface area contributed by atoms with E-state index >= 15 is 0 Å². The highest BCUT2D eigenvalue weighted by Gasteiger charge is 2.20. The summed E-state index contributed by atoms with van der Waals surface area (Å²) in [5.41, 5.74) is -1.14. The first-order valence-corrected chi connectivity index (χ1v) is 8.72. The highest BCUT2D eigenvalue weighted by Crippen LogP contribution is 2.18. The summed E-state index contributed by atoms with van der Waals surface area (Å²) in [5, 5.41) is 6.64. The van der Waals surface area contributed by atoms with Gasteiger partial charge in [-0.15, -0.1) is 0 Å². The zero-order valence-electron chi connectivity index (χ0n) is 15.6. The highest BCUT2D eigenvalue weighted by atomic mass is 19.1. The van der Waals surface area contributed by atoms with E-state index in [2.05, 4.69) is 5.10 Å². The zero-order valence-corrected chi connectivity index (χ0v) is 15.6. The molecule has 0 aliphatic rings. The molecular formula is C20H17F2N3O4. The van der Waals surface area contributed by atoms with Gasteiger partial charge in [0.15, 0.2) is 12.3 Å². The molecule has 1 aromatic heterocycles. The summed E-state index contributed by atoms with van der Waals surface area (Å²) in [6.45, 7) is 2.67. The molecule has 150 valence electrons. The van der Waals surface area contributed by atoms with Crippen molar-refractivity contribution in [3.05, 3.63) is 70.1 Å². The number of rotatable bonds is 5. The van der Waals surface area contributed by atoms with Crippen LogP contribution in [-0.4, -0.2) is 28.3 Å². The van der Waals surface area contributed by atoms with Crippen molar-refractivity contribution in [1.82, 2.24) is 9.78 Å². The average molecular weight is 401 g/mol. The molecule has 1 heterocycles. The molecule has 29 heavy (non-hydrogen) atoms. The fraction of sp³-hybridized carbons (Fsp3) is 0.200. The van der Waals surface area contributed by atoms with Gasteiger partial charge in [-0.25, -0.2) is 18.3 Å². The van der Waals surface area contributed by atoms with Crippen molar-refractivity contribution in [2.24, 2.45) is 0 Å². The van der Waals surface area contributed by atoms with Crippen molar-refractivity contribution in [2.75, 3.05) is 11.9 Å². The molecule has 0 fully saturated rings. The molecule has 0 radical (unpaired) electrons. The summed E-state index contributed by atoms with van der Waals surface area (Å²) < 4.78 is 33.3. The highest BCUT2D eigenvalue weighted by molar-refractivity contribution is 6.03. The third kappa shape index (κ3) is 4.13. The summed E-state index contributed by atoms with van der Waals surface area (Å²) in [7, 11) is 0. The van der Waals surface area contributed by atoms with E-state index < -0.39 is 35.8 Å². The topological polar surface area (TPSA) is 90.3 Å². The van der Waals surface area contributed by atoms with Crippen LogP contribution in [0, 0.1) is 11.6 Å². The van der Waals surface area contributed by atoms with Crippen LogP contribution in [0.2, 0.25) is 0 Å². The summed E-state index contributed by atoms with van der Waals surface area (Å²) >= 11 is 0. The largest absolute Gasteiger partial charge is 0.451 e. The van der Waals surface area contributed by atoms with Crippen LogP contribution in [-0.2, 0) is 9.53 Å². The van der Waals surface area contributed by atoms with E-state index in [-0.39, 0.29) is 28.1 Å². The van der Waals surface area contributed by atoms with E-state index in [0.29, 0.717) is 0 Å². The molecule has 1 amide bonds. The number of halogens is 2. The van der Waals surface area contributed by atoms with Gasteiger partial charge in [0.25, 0.3) is 11.5 Å². The van der Waals surface area contributed by atoms with Gasteiger partial charge in [-0.1, -0.05) is 24.3 Å². The molecule has 1 N–H and O–H groups in total. The van der Waals surface area contributed by atoms with Gasteiger partial charge in [0.05, 0.1) is 11.4 Å². The van der Waals surface area contributed by atoms with Gasteiger partial charge in [0, 0.05) is 5.39 Å². The quantitative estimate of drug-likeness (QED) is 0.664. The fourth-order valence-electron chi connectivity index (χ4n) is 2.70. The van der Waals surface area contributed by atoms with Crippen LogP contribution in [0.1, 0.15) is 30.4 Å². The van der Waals surface area contributed by atoms with Crippen LogP contribution in [0.4, 0.5) is 14.5 Å². The Labute approximate surface area is 163 Å². The Morgan fingerprint density at radius 1 is 1.07 bits per heavy atom. The molecule has 0 unspecified atom stereocenters. The van der Waals surface area contributed by atoms with Gasteiger partial charge >= 0.3 is 5.97 Å². The first kappa shape index (κ1) is 20.1. The lowest BCUT2D eigenvalue weighted by Gasteiger charge is -2.13. The molecule has 0 saturated carbocycles. The molecule has 3 aromatic rings. The summed E-state index contributed by atoms with van der Waals surface area (Å²) in [5.74, 6) is -3.79. The molecule has 0 bridgehead atoms. The first-order chi connectivity index (χ1) is 13.8. The summed E-state index contributed by atoms with van der Waals surface area (Å²) in [6.07, 6.45) is 0. The van der Waals surface area contributed by atoms with Crippen molar-refractivity contribution < 1.29 is 23.1 Å². The minimum Gasteiger partial charge on any atom is -0.451 e. The number of esters is 1. The number of aromatic nitrogens is 2. The molecule has 3 rings (SSSR count). The lowest BCUT2D eigenvalue weighted by molar-refractivity contribution is -0.119. The number of fused-ring (bicyclic) bond motifs is 1. The van der Waals surface area contributed by atoms with Crippen LogP contribution < -0.4 is 10.9 Å². The number of nitrogens with zero attached hydrogens (tertiary/aromatic N) is 2. The number of para-hydroxylation sites is 1. The number of carbonyl (C=O) groups is 2. The molecule has 9 heteroatoms. The second-order valence-corrected chi connectivity index (χ2v) is 6.46. The van der Waals surface area contributed by atoms with E-state index in [4.69, 9.17) is 4.74 Å². The minimum absolute atomic E-state index is 0.140. The van der Waals surface area contributed by atoms with Crippen LogP contribution in [0.15, 0.2) is 47.3 Å². The smallest absolute Gasteiger partial charge is 0.359 e. The van der Waals surface area contributed by atoms with Gasteiger partial charge in [0.2, 0.25) is 0 Å². The normalized spacial score (nSPS) is 10.9. The molecule has 0 spiro atoms. The Morgan fingerprint density at radius 2 is 1.69 bits per heavy atom. The lowest BCUT2D eigenvalue weighted by atomic mass is 10.1. The van der Waals surface area contributed by atoms with Crippen molar-refractivity contribution in [2.45, 2.75) is 19.9 Å². The first-order valence-electron chi connectivity index (χ1n) is 8.72. The van der Waals surface area contributed by atoms with Gasteiger partial charge in [-0.3, -0.25) is 9.59 Å². The Hall–Kier alpha value is -3.62. The summed E-state index contributed by atoms with van der Waals surface area (Å²) in [6, 6.07) is 9.19. The number of ether oxygens (including phenoxy) is 1. The molecule has 0 aliphatic carbocycles. The molecular weight excluding hydrogens is 384 g/mol. The van der Waals surface area contributed by atoms with Gasteiger partial charge in [0.1, 0.15) is 17.3 Å². The Balaban J connectivity index is 1.82. The Morgan fingerprint density at radius 3 is 2.31 bits per heavy atom. The second-order valence-electron chi connectivity index (χ2n) is 6.46. The third-order valence-corrected chi connectivity index (χ3v) is 4.07. The molecule has 0 aliphatic heterocycles. The van der Waals surface area contributed by atoms with Crippen LogP contribution in [0.5, 0.6) is 0 Å². The fourth-order valence-corrected chi connectivity index (χ4v) is 2.70. The second kappa shape index (κ2) is 8.17. The van der Waals surface area contributed by atoms with Crippen molar-refractivity contribution in [3.8, 4) is 0 Å². The van der Waals surface area contributed by atoms with E-state index in [1.54, 1.807) is 38.1 Å². The predicted molar refractivity (Wildman–Crippen MR) is 102 cm³/mol. The Bertz CT molecular complexity index is 1140. The van der Waals surface area contributed by atoms with E-state index in [1.807, 2.05) is 5.32 Å². The molecule has 0 saturated heterocycles. The van der Waals surface area contributed by atoms with E-state index in [0.717, 1.165) is 22.9 Å². The number of carbonyl (C=O) groups excluding carboxylic acids is 2. The van der Waals surface area contributed by atoms with Gasteiger partial charge in [-0.2, -0.15) is 5.10 Å². The maximum absolute atomic E-state index is 13.6. The number of benzene rings is 2. The summed E-state index contributed by atoms with van der Waals surface area (Å²) in [4.78, 5) is 36.9. The number of hydrogen-bond donors (Lipinski definition) is 1. The van der Waals surface area contributed by atoms with Crippen LogP contribution >= 0.6 is 0 Å². The number of amides is 1. The van der Waals surface area contributed by atoms with Crippen molar-refractivity contribution >= 4 is 28.3 Å². The standard InChI is InChI=1S/C20H17F2N3O4/c1-11(2)25-19(27)13-7-4-3-6-12(13)17(24-25)20(28)29-10-16(26)23-18-14(21)8-5-9-15(18)22/h3-9,11H,10H2,1-2H3,(H,23,26). The molecule has 0 atom stereocenters. The van der Waals surface area contributed by atoms with E-state index in [9.17, 15) is 23.2 Å². The van der Waals surface area contributed by atoms with E-state index in [1.165, 1.54) is 0 Å². The lowest BCUT2D eigenvalue weighted by Crippen LogP contribution is -2.29. The Kier molecular flexibility index (Phi) is 5.67. The molecule has 7 nitrogen and oxygen atoms in total. The van der Waals surface area contributed by atoms with Crippen LogP contribution in [0.25, 0.3) is 10.8 Å². The van der Waals surface area contributed by atoms with Crippen molar-refractivity contribution in [1.29, 1.82) is 0 Å². The maximum Gasteiger partial charge on any atom is 0.359 e. The number of nitrogens with one attached hydrogen (secondary N) is 1. The minimum atomic E-state index is -0.957. The monoisotopic (exact) mass is 401 g/mol. The van der Waals surface area contributed by atoms with Gasteiger partial charge in [-0.05, 0) is 32.0 Å². The zero-order chi connectivity index (χ0) is 21.1. The average Bonchev–Trinajstić information content (AvgIpc) is 2.69. The van der Waals surface area contributed by atoms with Crippen LogP contribution in [0.3, 0.4) is 0 Å². The SMILES string of the molecule is CC(C)n1nc(C(=O)OCC(=O)Nc2c(F)cccc2F)c2ccccc2c1=O. The van der Waals surface area contributed by atoms with Crippen molar-refractivity contribution in [3.63, 3.8) is 0 Å². The third-order valence-electron chi connectivity index (χ3n) is 4.07. The maximum atomic E-state index is 13.6.